The zero-order chi connectivity index (χ0) is 24.1. The number of hydrogen-bond acceptors (Lipinski definition) is 5. The highest BCUT2D eigenvalue weighted by Crippen LogP contribution is 2.29. The second-order valence-electron chi connectivity index (χ2n) is 8.29. The Kier molecular flexibility index (Phi) is 7.76. The molecule has 1 saturated heterocycles. The standard InChI is InChI=1S/C24H31N3O5S/c1-4-5-15-27-22(28)17-26(33(30,31)21-13-11-20(32-3)12-14-21)18-24(27,2)23(29)25-16-19-9-7-6-8-10-19/h6-14H,4-5,15-18H2,1-3H3,(H,25,29). The predicted molar refractivity (Wildman–Crippen MR) is 125 cm³/mol. The van der Waals surface area contributed by atoms with Crippen molar-refractivity contribution in [3.05, 3.63) is 60.2 Å². The minimum absolute atomic E-state index is 0.0464. The van der Waals surface area contributed by atoms with Gasteiger partial charge in [-0.3, -0.25) is 9.59 Å². The Hall–Kier alpha value is -2.91. The van der Waals surface area contributed by atoms with Crippen LogP contribution < -0.4 is 10.1 Å². The third kappa shape index (κ3) is 5.36. The van der Waals surface area contributed by atoms with Gasteiger partial charge in [-0.1, -0.05) is 43.7 Å². The SMILES string of the molecule is CCCCN1C(=O)CN(S(=O)(=O)c2ccc(OC)cc2)CC1(C)C(=O)NCc1ccccc1. The fourth-order valence-electron chi connectivity index (χ4n) is 3.91. The molecule has 2 aromatic rings. The fourth-order valence-corrected chi connectivity index (χ4v) is 5.39. The van der Waals surface area contributed by atoms with Crippen molar-refractivity contribution in [1.82, 2.24) is 14.5 Å². The van der Waals surface area contributed by atoms with Gasteiger partial charge >= 0.3 is 0 Å². The number of benzene rings is 2. The van der Waals surface area contributed by atoms with Crippen LogP contribution in [0.4, 0.5) is 0 Å². The Morgan fingerprint density at radius 1 is 1.12 bits per heavy atom. The normalized spacial score (nSPS) is 19.4. The highest BCUT2D eigenvalue weighted by atomic mass is 32.2. The summed E-state index contributed by atoms with van der Waals surface area (Å²) in [4.78, 5) is 28.0. The van der Waals surface area contributed by atoms with E-state index in [2.05, 4.69) is 5.32 Å². The molecule has 0 aromatic heterocycles. The van der Waals surface area contributed by atoms with Gasteiger partial charge in [0.2, 0.25) is 21.8 Å². The van der Waals surface area contributed by atoms with Gasteiger partial charge in [-0.2, -0.15) is 4.31 Å². The molecule has 9 heteroatoms. The van der Waals surface area contributed by atoms with Crippen LogP contribution >= 0.6 is 0 Å². The van der Waals surface area contributed by atoms with Crippen molar-refractivity contribution in [2.24, 2.45) is 0 Å². The molecule has 1 atom stereocenters. The van der Waals surface area contributed by atoms with Gasteiger partial charge in [0.1, 0.15) is 11.3 Å². The molecule has 0 radical (unpaired) electrons. The number of methoxy groups -OCH3 is 1. The molecular weight excluding hydrogens is 442 g/mol. The van der Waals surface area contributed by atoms with Crippen LogP contribution in [-0.2, 0) is 26.2 Å². The number of ether oxygens (including phenoxy) is 1. The maximum atomic E-state index is 13.4. The third-order valence-electron chi connectivity index (χ3n) is 5.91. The summed E-state index contributed by atoms with van der Waals surface area (Å²) >= 11 is 0. The van der Waals surface area contributed by atoms with Gasteiger partial charge in [-0.15, -0.1) is 0 Å². The summed E-state index contributed by atoms with van der Waals surface area (Å²) in [5.74, 6) is -0.242. The van der Waals surface area contributed by atoms with Gasteiger partial charge in [0.15, 0.2) is 0 Å². The fraction of sp³-hybridized carbons (Fsp3) is 0.417. The predicted octanol–water partition coefficient (Wildman–Crippen LogP) is 2.40. The van der Waals surface area contributed by atoms with Crippen molar-refractivity contribution in [2.75, 3.05) is 26.7 Å². The van der Waals surface area contributed by atoms with E-state index < -0.39 is 15.6 Å². The average molecular weight is 474 g/mol. The quantitative estimate of drug-likeness (QED) is 0.603. The molecule has 1 aliphatic rings. The van der Waals surface area contributed by atoms with Crippen LogP contribution in [-0.4, -0.2) is 61.7 Å². The van der Waals surface area contributed by atoms with E-state index >= 15 is 0 Å². The summed E-state index contributed by atoms with van der Waals surface area (Å²) in [7, 11) is -2.49. The van der Waals surface area contributed by atoms with Crippen LogP contribution in [0, 0.1) is 0 Å². The van der Waals surface area contributed by atoms with Crippen molar-refractivity contribution in [3.8, 4) is 5.75 Å². The largest absolute Gasteiger partial charge is 0.497 e. The first-order valence-electron chi connectivity index (χ1n) is 11.0. The van der Waals surface area contributed by atoms with Gasteiger partial charge in [0, 0.05) is 19.6 Å². The molecule has 0 bridgehead atoms. The Balaban J connectivity index is 1.88. The van der Waals surface area contributed by atoms with Gasteiger partial charge in [0.05, 0.1) is 18.6 Å². The van der Waals surface area contributed by atoms with E-state index in [9.17, 15) is 18.0 Å². The van der Waals surface area contributed by atoms with E-state index in [1.54, 1.807) is 19.1 Å². The Morgan fingerprint density at radius 2 is 1.79 bits per heavy atom. The van der Waals surface area contributed by atoms with Gasteiger partial charge < -0.3 is 15.0 Å². The summed E-state index contributed by atoms with van der Waals surface area (Å²) in [6.45, 7) is 3.88. The molecule has 0 aliphatic carbocycles. The first-order valence-corrected chi connectivity index (χ1v) is 12.4. The zero-order valence-corrected chi connectivity index (χ0v) is 20.1. The van der Waals surface area contributed by atoms with Crippen LogP contribution in [0.3, 0.4) is 0 Å². The molecule has 1 fully saturated rings. The minimum atomic E-state index is -3.99. The minimum Gasteiger partial charge on any atom is -0.497 e. The number of sulfonamides is 1. The maximum absolute atomic E-state index is 13.4. The van der Waals surface area contributed by atoms with Crippen LogP contribution in [0.2, 0.25) is 0 Å². The first kappa shape index (κ1) is 24.7. The molecule has 178 valence electrons. The highest BCUT2D eigenvalue weighted by Gasteiger charge is 2.50. The second kappa shape index (κ2) is 10.4. The molecule has 1 N–H and O–H groups in total. The number of carbonyl (C=O) groups excluding carboxylic acids is 2. The molecule has 8 nitrogen and oxygen atoms in total. The molecule has 2 aromatic carbocycles. The number of nitrogens with zero attached hydrogens (tertiary/aromatic N) is 2. The van der Waals surface area contributed by atoms with Gasteiger partial charge in [0.25, 0.3) is 0 Å². The lowest BCUT2D eigenvalue weighted by Crippen LogP contribution is -2.69. The first-order chi connectivity index (χ1) is 15.7. The van der Waals surface area contributed by atoms with Crippen molar-refractivity contribution in [2.45, 2.75) is 43.7 Å². The Bertz CT molecular complexity index is 1070. The van der Waals surface area contributed by atoms with Crippen LogP contribution in [0.1, 0.15) is 32.3 Å². The van der Waals surface area contributed by atoms with Crippen LogP contribution in [0.25, 0.3) is 0 Å². The number of piperazine rings is 1. The number of nitrogens with one attached hydrogen (secondary N) is 1. The molecule has 0 spiro atoms. The van der Waals surface area contributed by atoms with Crippen molar-refractivity contribution < 1.29 is 22.7 Å². The molecule has 1 aliphatic heterocycles. The molecule has 2 amide bonds. The van der Waals surface area contributed by atoms with Gasteiger partial charge in [-0.25, -0.2) is 8.42 Å². The molecule has 1 heterocycles. The molecule has 1 unspecified atom stereocenters. The van der Waals surface area contributed by atoms with Crippen molar-refractivity contribution >= 4 is 21.8 Å². The number of amides is 2. The van der Waals surface area contributed by atoms with E-state index in [-0.39, 0.29) is 36.3 Å². The van der Waals surface area contributed by atoms with E-state index in [0.717, 1.165) is 22.7 Å². The summed E-state index contributed by atoms with van der Waals surface area (Å²) in [5.41, 5.74) is -0.418. The number of carbonyl (C=O) groups is 2. The topological polar surface area (TPSA) is 96.0 Å². The number of rotatable bonds is 9. The van der Waals surface area contributed by atoms with E-state index in [0.29, 0.717) is 12.3 Å². The summed E-state index contributed by atoms with van der Waals surface area (Å²) < 4.78 is 32.9. The second-order valence-corrected chi connectivity index (χ2v) is 10.2. The molecular formula is C24H31N3O5S. The lowest BCUT2D eigenvalue weighted by Gasteiger charge is -2.46. The Labute approximate surface area is 195 Å². The lowest BCUT2D eigenvalue weighted by molar-refractivity contribution is -0.152. The van der Waals surface area contributed by atoms with Gasteiger partial charge in [-0.05, 0) is 43.2 Å². The Morgan fingerprint density at radius 3 is 2.39 bits per heavy atom. The number of hydrogen-bond donors (Lipinski definition) is 1. The maximum Gasteiger partial charge on any atom is 0.247 e. The third-order valence-corrected chi connectivity index (χ3v) is 7.72. The van der Waals surface area contributed by atoms with E-state index in [1.165, 1.54) is 24.1 Å². The number of unbranched alkanes of at least 4 members (excludes halogenated alkanes) is 1. The van der Waals surface area contributed by atoms with Crippen molar-refractivity contribution in [1.29, 1.82) is 0 Å². The monoisotopic (exact) mass is 473 g/mol. The summed E-state index contributed by atoms with van der Waals surface area (Å²) in [6.07, 6.45) is 1.57. The molecule has 3 rings (SSSR count). The zero-order valence-electron chi connectivity index (χ0n) is 19.3. The van der Waals surface area contributed by atoms with Crippen LogP contribution in [0.15, 0.2) is 59.5 Å². The summed E-state index contributed by atoms with van der Waals surface area (Å²) in [6, 6.07) is 15.4. The van der Waals surface area contributed by atoms with Crippen LogP contribution in [0.5, 0.6) is 5.75 Å². The average Bonchev–Trinajstić information content (AvgIpc) is 2.82. The smallest absolute Gasteiger partial charge is 0.247 e. The van der Waals surface area contributed by atoms with E-state index in [4.69, 9.17) is 4.74 Å². The molecule has 0 saturated carbocycles. The van der Waals surface area contributed by atoms with Crippen molar-refractivity contribution in [3.63, 3.8) is 0 Å². The lowest BCUT2D eigenvalue weighted by atomic mass is 9.95. The van der Waals surface area contributed by atoms with E-state index in [1.807, 2.05) is 37.3 Å². The molecule has 33 heavy (non-hydrogen) atoms. The highest BCUT2D eigenvalue weighted by molar-refractivity contribution is 7.89. The summed E-state index contributed by atoms with van der Waals surface area (Å²) in [5, 5.41) is 2.89.